The summed E-state index contributed by atoms with van der Waals surface area (Å²) >= 11 is 0. The van der Waals surface area contributed by atoms with Gasteiger partial charge in [0.05, 0.1) is 0 Å². The Labute approximate surface area is 188 Å². The van der Waals surface area contributed by atoms with Gasteiger partial charge in [-0.3, -0.25) is 9.59 Å². The molecule has 0 heterocycles. The SMILES string of the molecule is CC(C)CCN/C=C1/C=CC=CC1=O.CC(C)CCN/C=C1/C=CC=CC1=O.[Zn]. The monoisotopic (exact) mass is 446 g/mol. The van der Waals surface area contributed by atoms with Crippen LogP contribution in [0.3, 0.4) is 0 Å². The van der Waals surface area contributed by atoms with E-state index in [2.05, 4.69) is 38.3 Å². The van der Waals surface area contributed by atoms with E-state index in [0.29, 0.717) is 11.8 Å². The molecule has 5 heteroatoms. The third-order valence-electron chi connectivity index (χ3n) is 4.09. The Morgan fingerprint density at radius 3 is 1.34 bits per heavy atom. The molecule has 0 saturated heterocycles. The van der Waals surface area contributed by atoms with Crippen LogP contribution < -0.4 is 10.6 Å². The minimum atomic E-state index is 0. The predicted molar refractivity (Wildman–Crippen MR) is 118 cm³/mol. The molecule has 0 aromatic heterocycles. The molecule has 2 aliphatic rings. The quantitative estimate of drug-likeness (QED) is 0.329. The minimum Gasteiger partial charge on any atom is -0.390 e. The molecule has 0 fully saturated rings. The summed E-state index contributed by atoms with van der Waals surface area (Å²) in [6, 6.07) is 0. The van der Waals surface area contributed by atoms with E-state index >= 15 is 0 Å². The van der Waals surface area contributed by atoms with Crippen molar-refractivity contribution in [1.29, 1.82) is 0 Å². The first-order valence-corrected chi connectivity index (χ1v) is 10.1. The number of ketones is 2. The van der Waals surface area contributed by atoms with Crippen molar-refractivity contribution in [2.75, 3.05) is 13.1 Å². The summed E-state index contributed by atoms with van der Waals surface area (Å²) in [7, 11) is 0. The van der Waals surface area contributed by atoms with Crippen LogP contribution in [0.25, 0.3) is 0 Å². The van der Waals surface area contributed by atoms with Crippen LogP contribution in [0, 0.1) is 11.8 Å². The second kappa shape index (κ2) is 15.9. The van der Waals surface area contributed by atoms with Crippen LogP contribution in [0.2, 0.25) is 0 Å². The fourth-order valence-corrected chi connectivity index (χ4v) is 2.31. The normalized spacial score (nSPS) is 17.6. The zero-order valence-corrected chi connectivity index (χ0v) is 21.2. The van der Waals surface area contributed by atoms with Gasteiger partial charge in [0.2, 0.25) is 0 Å². The van der Waals surface area contributed by atoms with Crippen LogP contribution in [-0.2, 0) is 29.1 Å². The van der Waals surface area contributed by atoms with Gasteiger partial charge in [0.15, 0.2) is 11.6 Å². The van der Waals surface area contributed by atoms with E-state index in [-0.39, 0.29) is 31.0 Å². The summed E-state index contributed by atoms with van der Waals surface area (Å²) in [5.41, 5.74) is 1.47. The van der Waals surface area contributed by atoms with Crippen LogP contribution in [0.15, 0.2) is 72.2 Å². The number of hydrogen-bond donors (Lipinski definition) is 2. The average molecular weight is 448 g/mol. The van der Waals surface area contributed by atoms with Crippen LogP contribution in [0.5, 0.6) is 0 Å². The summed E-state index contributed by atoms with van der Waals surface area (Å²) < 4.78 is 0. The maximum absolute atomic E-state index is 11.3. The molecular weight excluding hydrogens is 414 g/mol. The average Bonchev–Trinajstić information content (AvgIpc) is 2.65. The van der Waals surface area contributed by atoms with Crippen LogP contribution in [-0.4, -0.2) is 24.7 Å². The van der Waals surface area contributed by atoms with Crippen molar-refractivity contribution in [2.45, 2.75) is 40.5 Å². The fraction of sp³-hybridized carbons (Fsp3) is 0.417. The van der Waals surface area contributed by atoms with E-state index in [9.17, 15) is 9.59 Å². The number of rotatable bonds is 8. The molecule has 0 aromatic rings. The van der Waals surface area contributed by atoms with Crippen LogP contribution in [0.1, 0.15) is 40.5 Å². The number of allylic oxidation sites excluding steroid dienone is 10. The Balaban J connectivity index is 0.000000523. The smallest absolute Gasteiger partial charge is 0.187 e. The first-order valence-electron chi connectivity index (χ1n) is 10.1. The van der Waals surface area contributed by atoms with Crippen molar-refractivity contribution in [2.24, 2.45) is 11.8 Å². The summed E-state index contributed by atoms with van der Waals surface area (Å²) in [5.74, 6) is 1.53. The van der Waals surface area contributed by atoms with Gasteiger partial charge in [-0.15, -0.1) is 0 Å². The molecule has 0 spiro atoms. The molecule has 0 aromatic carbocycles. The number of carbonyl (C=O) groups is 2. The first-order chi connectivity index (χ1) is 13.4. The Hall–Kier alpha value is -2.00. The summed E-state index contributed by atoms with van der Waals surface area (Å²) in [6.45, 7) is 10.6. The maximum atomic E-state index is 11.3. The molecule has 2 N–H and O–H groups in total. The van der Waals surface area contributed by atoms with Gasteiger partial charge in [0.25, 0.3) is 0 Å². The van der Waals surface area contributed by atoms with E-state index in [1.54, 1.807) is 36.7 Å². The second-order valence-electron chi connectivity index (χ2n) is 7.64. The van der Waals surface area contributed by atoms with Crippen molar-refractivity contribution in [3.05, 3.63) is 72.2 Å². The van der Waals surface area contributed by atoms with E-state index < -0.39 is 0 Å². The molecule has 2 rings (SSSR count). The van der Waals surface area contributed by atoms with E-state index in [1.165, 1.54) is 0 Å². The zero-order valence-electron chi connectivity index (χ0n) is 18.3. The Morgan fingerprint density at radius 1 is 0.690 bits per heavy atom. The molecule has 0 radical (unpaired) electrons. The zero-order chi connectivity index (χ0) is 20.8. The Morgan fingerprint density at radius 2 is 1.03 bits per heavy atom. The van der Waals surface area contributed by atoms with Gasteiger partial charge in [-0.05, 0) is 49.0 Å². The molecule has 0 aliphatic heterocycles. The summed E-state index contributed by atoms with van der Waals surface area (Å²) in [6.07, 6.45) is 19.9. The van der Waals surface area contributed by atoms with E-state index in [0.717, 1.165) is 37.1 Å². The summed E-state index contributed by atoms with van der Waals surface area (Å²) in [4.78, 5) is 22.6. The third-order valence-corrected chi connectivity index (χ3v) is 4.09. The Bertz CT molecular complexity index is 636. The molecule has 154 valence electrons. The first kappa shape index (κ1) is 27.0. The number of nitrogens with one attached hydrogen (secondary N) is 2. The number of hydrogen-bond acceptors (Lipinski definition) is 4. The standard InChI is InChI=1S/2C12H17NO.Zn/c2*1-10(2)7-8-13-9-11-5-3-4-6-12(11)14;/h2*3-6,9-10,13H,7-8H2,1-2H3;/b2*11-9-;. The van der Waals surface area contributed by atoms with Crippen LogP contribution in [0.4, 0.5) is 0 Å². The van der Waals surface area contributed by atoms with Gasteiger partial charge in [-0.2, -0.15) is 0 Å². The molecule has 4 nitrogen and oxygen atoms in total. The minimum absolute atomic E-state index is 0. The molecule has 0 saturated carbocycles. The van der Waals surface area contributed by atoms with E-state index in [4.69, 9.17) is 0 Å². The van der Waals surface area contributed by atoms with Gasteiger partial charge in [-0.25, -0.2) is 0 Å². The van der Waals surface area contributed by atoms with E-state index in [1.807, 2.05) is 24.3 Å². The molecule has 0 atom stereocenters. The number of carbonyl (C=O) groups excluding carboxylic acids is 2. The predicted octanol–water partition coefficient (Wildman–Crippen LogP) is 4.40. The fourth-order valence-electron chi connectivity index (χ4n) is 2.31. The largest absolute Gasteiger partial charge is 0.390 e. The summed E-state index contributed by atoms with van der Waals surface area (Å²) in [5, 5.41) is 6.30. The van der Waals surface area contributed by atoms with Crippen molar-refractivity contribution in [3.63, 3.8) is 0 Å². The van der Waals surface area contributed by atoms with Crippen molar-refractivity contribution >= 4 is 11.6 Å². The molecule has 0 bridgehead atoms. The van der Waals surface area contributed by atoms with Gasteiger partial charge in [-0.1, -0.05) is 52.0 Å². The Kier molecular flexibility index (Phi) is 14.8. The van der Waals surface area contributed by atoms with Crippen molar-refractivity contribution < 1.29 is 29.1 Å². The van der Waals surface area contributed by atoms with Gasteiger partial charge < -0.3 is 10.6 Å². The molecule has 2 aliphatic carbocycles. The molecule has 0 amide bonds. The van der Waals surface area contributed by atoms with Gasteiger partial charge in [0, 0.05) is 56.1 Å². The second-order valence-corrected chi connectivity index (χ2v) is 7.64. The van der Waals surface area contributed by atoms with Crippen LogP contribution >= 0.6 is 0 Å². The molecular formula is C24H34N2O2Zn. The third kappa shape index (κ3) is 13.0. The molecule has 0 unspecified atom stereocenters. The topological polar surface area (TPSA) is 58.2 Å². The van der Waals surface area contributed by atoms with Crippen molar-refractivity contribution in [1.82, 2.24) is 10.6 Å². The maximum Gasteiger partial charge on any atom is 0.187 e. The van der Waals surface area contributed by atoms with Crippen molar-refractivity contribution in [3.8, 4) is 0 Å². The van der Waals surface area contributed by atoms with Gasteiger partial charge >= 0.3 is 0 Å². The molecule has 29 heavy (non-hydrogen) atoms. The van der Waals surface area contributed by atoms with Gasteiger partial charge in [0.1, 0.15) is 0 Å².